The molecule has 0 amide bonds. The molecule has 1 saturated heterocycles. The number of esters is 2. The van der Waals surface area contributed by atoms with E-state index in [1.807, 2.05) is 0 Å². The van der Waals surface area contributed by atoms with Crippen molar-refractivity contribution in [2.24, 2.45) is 0 Å². The van der Waals surface area contributed by atoms with Gasteiger partial charge < -0.3 is 19.1 Å². The summed E-state index contributed by atoms with van der Waals surface area (Å²) in [5, 5.41) is 0. The number of carbonyl (C=O) groups excluding carboxylic acids is 2. The van der Waals surface area contributed by atoms with Crippen LogP contribution in [0.25, 0.3) is 0 Å². The van der Waals surface area contributed by atoms with Gasteiger partial charge in [-0.25, -0.2) is 0 Å². The Kier molecular flexibility index (Phi) is 8.22. The second kappa shape index (κ2) is 9.72. The molecule has 0 spiro atoms. The number of methoxy groups -OCH3 is 2. The van der Waals surface area contributed by atoms with Crippen LogP contribution in [0.15, 0.2) is 0 Å². The third-order valence-corrected chi connectivity index (χ3v) is 3.51. The molecule has 0 aromatic carbocycles. The van der Waals surface area contributed by atoms with E-state index in [1.165, 1.54) is 14.2 Å². The summed E-state index contributed by atoms with van der Waals surface area (Å²) in [6.45, 7) is 2.85. The Bertz CT molecular complexity index is 282. The average Bonchev–Trinajstić information content (AvgIpc) is 2.98. The third kappa shape index (κ3) is 6.86. The van der Waals surface area contributed by atoms with Gasteiger partial charge in [0.2, 0.25) is 0 Å². The van der Waals surface area contributed by atoms with Gasteiger partial charge >= 0.3 is 11.9 Å². The fourth-order valence-corrected chi connectivity index (χ4v) is 2.24. The van der Waals surface area contributed by atoms with Crippen molar-refractivity contribution in [3.8, 4) is 0 Å². The Morgan fingerprint density at radius 3 is 2.15 bits per heavy atom. The van der Waals surface area contributed by atoms with Crippen LogP contribution in [0, 0.1) is 0 Å². The van der Waals surface area contributed by atoms with Crippen molar-refractivity contribution in [2.75, 3.05) is 40.5 Å². The van der Waals surface area contributed by atoms with Crippen molar-refractivity contribution < 1.29 is 23.8 Å². The average molecular weight is 287 g/mol. The molecule has 1 unspecified atom stereocenters. The number of carbonyl (C=O) groups is 2. The fourth-order valence-electron chi connectivity index (χ4n) is 2.24. The predicted octanol–water partition coefficient (Wildman–Crippen LogP) is 0.984. The molecule has 1 heterocycles. The van der Waals surface area contributed by atoms with Gasteiger partial charge in [0.1, 0.15) is 0 Å². The second-order valence-electron chi connectivity index (χ2n) is 4.92. The Morgan fingerprint density at radius 1 is 1.10 bits per heavy atom. The van der Waals surface area contributed by atoms with Crippen molar-refractivity contribution in [1.29, 1.82) is 0 Å². The van der Waals surface area contributed by atoms with E-state index in [0.717, 1.165) is 32.4 Å². The lowest BCUT2D eigenvalue weighted by Crippen LogP contribution is -2.32. The summed E-state index contributed by atoms with van der Waals surface area (Å²) in [4.78, 5) is 24.5. The molecule has 1 fully saturated rings. The zero-order valence-electron chi connectivity index (χ0n) is 12.4. The van der Waals surface area contributed by atoms with Gasteiger partial charge in [-0.15, -0.1) is 0 Å². The number of hydrogen-bond acceptors (Lipinski definition) is 6. The maximum absolute atomic E-state index is 11.2. The number of hydrogen-bond donors (Lipinski definition) is 0. The monoisotopic (exact) mass is 287 g/mol. The van der Waals surface area contributed by atoms with Gasteiger partial charge in [-0.2, -0.15) is 0 Å². The molecule has 0 N–H and O–H groups in total. The Morgan fingerprint density at radius 2 is 1.70 bits per heavy atom. The number of ether oxygens (including phenoxy) is 3. The van der Waals surface area contributed by atoms with E-state index < -0.39 is 0 Å². The van der Waals surface area contributed by atoms with E-state index in [-0.39, 0.29) is 11.9 Å². The van der Waals surface area contributed by atoms with Gasteiger partial charge in [0, 0.05) is 26.2 Å². The van der Waals surface area contributed by atoms with Crippen molar-refractivity contribution in [3.05, 3.63) is 0 Å². The quantitative estimate of drug-likeness (QED) is 0.589. The van der Waals surface area contributed by atoms with Crippen molar-refractivity contribution in [3.63, 3.8) is 0 Å². The van der Waals surface area contributed by atoms with Crippen LogP contribution in [0.2, 0.25) is 0 Å². The van der Waals surface area contributed by atoms with Crippen LogP contribution in [0.1, 0.15) is 32.1 Å². The van der Waals surface area contributed by atoms with Crippen LogP contribution in [0.4, 0.5) is 0 Å². The first-order valence-electron chi connectivity index (χ1n) is 7.13. The number of nitrogens with zero attached hydrogens (tertiary/aromatic N) is 1. The van der Waals surface area contributed by atoms with Gasteiger partial charge in [0.15, 0.2) is 0 Å². The highest BCUT2D eigenvalue weighted by Crippen LogP contribution is 2.15. The lowest BCUT2D eigenvalue weighted by atomic mass is 10.1. The van der Waals surface area contributed by atoms with Crippen molar-refractivity contribution in [1.82, 2.24) is 4.90 Å². The van der Waals surface area contributed by atoms with Crippen LogP contribution in [0.5, 0.6) is 0 Å². The molecule has 6 nitrogen and oxygen atoms in total. The normalized spacial score (nSPS) is 18.2. The molecule has 6 heteroatoms. The number of rotatable bonds is 9. The first kappa shape index (κ1) is 16.9. The minimum Gasteiger partial charge on any atom is -0.469 e. The topological polar surface area (TPSA) is 65.1 Å². The van der Waals surface area contributed by atoms with Gasteiger partial charge in [0.05, 0.1) is 33.2 Å². The third-order valence-electron chi connectivity index (χ3n) is 3.51. The van der Waals surface area contributed by atoms with Crippen LogP contribution in [0.3, 0.4) is 0 Å². The lowest BCUT2D eigenvalue weighted by Gasteiger charge is -2.22. The SMILES string of the molecule is COC(=O)CCN(CCC(=O)OC)CCC1CCCO1. The highest BCUT2D eigenvalue weighted by Gasteiger charge is 2.18. The first-order chi connectivity index (χ1) is 9.65. The summed E-state index contributed by atoms with van der Waals surface area (Å²) < 4.78 is 14.9. The van der Waals surface area contributed by atoms with Crippen molar-refractivity contribution >= 4 is 11.9 Å². The van der Waals surface area contributed by atoms with E-state index in [9.17, 15) is 9.59 Å². The molecular weight excluding hydrogens is 262 g/mol. The fraction of sp³-hybridized carbons (Fsp3) is 0.857. The highest BCUT2D eigenvalue weighted by molar-refractivity contribution is 5.70. The van der Waals surface area contributed by atoms with Crippen molar-refractivity contribution in [2.45, 2.75) is 38.2 Å². The van der Waals surface area contributed by atoms with Crippen LogP contribution < -0.4 is 0 Å². The minimum atomic E-state index is -0.231. The largest absolute Gasteiger partial charge is 0.469 e. The molecular formula is C14H25NO5. The van der Waals surface area contributed by atoms with E-state index in [1.54, 1.807) is 0 Å². The van der Waals surface area contributed by atoms with Gasteiger partial charge in [-0.05, 0) is 19.3 Å². The molecule has 1 rings (SSSR count). The minimum absolute atomic E-state index is 0.231. The highest BCUT2D eigenvalue weighted by atomic mass is 16.5. The smallest absolute Gasteiger partial charge is 0.306 e. The first-order valence-corrected chi connectivity index (χ1v) is 7.13. The summed E-state index contributed by atoms with van der Waals surface area (Å²) in [6.07, 6.45) is 4.14. The maximum atomic E-state index is 11.2. The molecule has 0 aromatic heterocycles. The summed E-state index contributed by atoms with van der Waals surface area (Å²) in [5.74, 6) is -0.463. The van der Waals surface area contributed by atoms with Gasteiger partial charge in [0.25, 0.3) is 0 Å². The molecule has 1 aliphatic rings. The Hall–Kier alpha value is -1.14. The zero-order chi connectivity index (χ0) is 14.8. The standard InChI is InChI=1S/C14H25NO5/c1-18-13(16)6-9-15(10-7-14(17)19-2)8-5-12-4-3-11-20-12/h12H,3-11H2,1-2H3. The van der Waals surface area contributed by atoms with Crippen LogP contribution in [-0.4, -0.2) is 63.4 Å². The molecule has 116 valence electrons. The molecule has 1 atom stereocenters. The molecule has 0 radical (unpaired) electrons. The summed E-state index contributed by atoms with van der Waals surface area (Å²) in [7, 11) is 2.76. The Labute approximate surface area is 120 Å². The van der Waals surface area contributed by atoms with E-state index in [2.05, 4.69) is 14.4 Å². The summed E-state index contributed by atoms with van der Waals surface area (Å²) >= 11 is 0. The zero-order valence-corrected chi connectivity index (χ0v) is 12.4. The van der Waals surface area contributed by atoms with Crippen LogP contribution >= 0.6 is 0 Å². The van der Waals surface area contributed by atoms with E-state index in [4.69, 9.17) is 4.74 Å². The molecule has 0 aromatic rings. The van der Waals surface area contributed by atoms with Crippen LogP contribution in [-0.2, 0) is 23.8 Å². The molecule has 20 heavy (non-hydrogen) atoms. The lowest BCUT2D eigenvalue weighted by molar-refractivity contribution is -0.141. The molecule has 0 saturated carbocycles. The predicted molar refractivity (Wildman–Crippen MR) is 73.3 cm³/mol. The van der Waals surface area contributed by atoms with Gasteiger partial charge in [-0.1, -0.05) is 0 Å². The van der Waals surface area contributed by atoms with E-state index >= 15 is 0 Å². The molecule has 0 bridgehead atoms. The molecule has 0 aliphatic carbocycles. The summed E-state index contributed by atoms with van der Waals surface area (Å²) in [5.41, 5.74) is 0. The molecule has 1 aliphatic heterocycles. The van der Waals surface area contributed by atoms with Gasteiger partial charge in [-0.3, -0.25) is 9.59 Å². The summed E-state index contributed by atoms with van der Waals surface area (Å²) in [6, 6.07) is 0. The second-order valence-corrected chi connectivity index (χ2v) is 4.92. The van der Waals surface area contributed by atoms with E-state index in [0.29, 0.717) is 32.0 Å². The maximum Gasteiger partial charge on any atom is 0.306 e. The Balaban J connectivity index is 2.31.